The molecule has 0 aromatic heterocycles. The molecule has 1 rings (SSSR count). The summed E-state index contributed by atoms with van der Waals surface area (Å²) in [6, 6.07) is 8.39. The van der Waals surface area contributed by atoms with Gasteiger partial charge in [-0.3, -0.25) is 9.59 Å². The third-order valence-electron chi connectivity index (χ3n) is 4.04. The average Bonchev–Trinajstić information content (AvgIpc) is 2.53. The highest BCUT2D eigenvalue weighted by atomic mass is 16.2. The van der Waals surface area contributed by atoms with E-state index < -0.39 is 0 Å². The van der Waals surface area contributed by atoms with E-state index in [0.717, 1.165) is 23.4 Å². The molecular weight excluding hydrogens is 302 g/mol. The minimum absolute atomic E-state index is 0.0159. The molecule has 1 unspecified atom stereocenters. The molecule has 0 saturated carbocycles. The van der Waals surface area contributed by atoms with Crippen LogP contribution < -0.4 is 15.5 Å². The van der Waals surface area contributed by atoms with Crippen LogP contribution in [0, 0.1) is 0 Å². The highest BCUT2D eigenvalue weighted by molar-refractivity contribution is 5.79. The third-order valence-corrected chi connectivity index (χ3v) is 4.04. The molecule has 24 heavy (non-hydrogen) atoms. The maximum absolute atomic E-state index is 12.3. The standard InChI is InChI=1S/C19H31N3O2/c1-6-16-8-10-17(11-9-16)15(5)21-19(24)13-22(7-2)12-18(23)20-14(3)4/h8-11,14-15H,6-7,12-13H2,1-5H3,(H,20,23)(H,21,24)/p+1/t15-/m0/s1. The molecule has 134 valence electrons. The molecule has 5 heteroatoms. The van der Waals surface area contributed by atoms with Gasteiger partial charge in [0.2, 0.25) is 0 Å². The van der Waals surface area contributed by atoms with Crippen molar-refractivity contribution >= 4 is 11.8 Å². The first-order valence-electron chi connectivity index (χ1n) is 8.86. The van der Waals surface area contributed by atoms with E-state index in [1.807, 2.05) is 27.7 Å². The van der Waals surface area contributed by atoms with Gasteiger partial charge in [0, 0.05) is 6.04 Å². The smallest absolute Gasteiger partial charge is 0.275 e. The average molecular weight is 334 g/mol. The molecule has 1 aromatic carbocycles. The summed E-state index contributed by atoms with van der Waals surface area (Å²) in [4.78, 5) is 25.1. The fraction of sp³-hybridized carbons (Fsp3) is 0.579. The Labute approximate surface area is 145 Å². The SMILES string of the molecule is CCc1ccc([C@H](C)NC(=O)C[NH+](CC)CC(=O)NC(C)C)cc1. The summed E-state index contributed by atoms with van der Waals surface area (Å²) in [6.07, 6.45) is 1.01. The van der Waals surface area contributed by atoms with E-state index in [-0.39, 0.29) is 23.9 Å². The molecule has 0 heterocycles. The van der Waals surface area contributed by atoms with Gasteiger partial charge < -0.3 is 15.5 Å². The first-order chi connectivity index (χ1) is 11.3. The molecule has 2 amide bonds. The highest BCUT2D eigenvalue weighted by Gasteiger charge is 2.18. The topological polar surface area (TPSA) is 62.6 Å². The molecule has 1 aromatic rings. The molecule has 2 atom stereocenters. The number of benzene rings is 1. The molecule has 0 spiro atoms. The van der Waals surface area contributed by atoms with E-state index in [9.17, 15) is 9.59 Å². The second-order valence-electron chi connectivity index (χ2n) is 6.56. The molecule has 0 aliphatic heterocycles. The molecule has 3 N–H and O–H groups in total. The van der Waals surface area contributed by atoms with E-state index in [2.05, 4.69) is 41.8 Å². The van der Waals surface area contributed by atoms with Crippen molar-refractivity contribution in [1.82, 2.24) is 10.6 Å². The van der Waals surface area contributed by atoms with Crippen LogP contribution in [0.1, 0.15) is 51.8 Å². The van der Waals surface area contributed by atoms with Crippen molar-refractivity contribution in [2.75, 3.05) is 19.6 Å². The van der Waals surface area contributed by atoms with Gasteiger partial charge in [0.25, 0.3) is 11.8 Å². The fourth-order valence-corrected chi connectivity index (χ4v) is 2.56. The Morgan fingerprint density at radius 3 is 1.96 bits per heavy atom. The van der Waals surface area contributed by atoms with Crippen LogP contribution in [-0.4, -0.2) is 37.5 Å². The lowest BCUT2D eigenvalue weighted by atomic mass is 10.1. The quantitative estimate of drug-likeness (QED) is 0.627. The van der Waals surface area contributed by atoms with E-state index in [4.69, 9.17) is 0 Å². The number of nitrogens with one attached hydrogen (secondary N) is 3. The highest BCUT2D eigenvalue weighted by Crippen LogP contribution is 2.13. The number of carbonyl (C=O) groups excluding carboxylic acids is 2. The minimum atomic E-state index is -0.0361. The molecule has 0 saturated heterocycles. The molecule has 0 aliphatic rings. The van der Waals surface area contributed by atoms with Crippen molar-refractivity contribution in [1.29, 1.82) is 0 Å². The zero-order chi connectivity index (χ0) is 18.1. The van der Waals surface area contributed by atoms with Gasteiger partial charge in [0.15, 0.2) is 13.1 Å². The summed E-state index contributed by atoms with van der Waals surface area (Å²) < 4.78 is 0. The lowest BCUT2D eigenvalue weighted by Crippen LogP contribution is -3.14. The van der Waals surface area contributed by atoms with Crippen molar-refractivity contribution < 1.29 is 14.5 Å². The molecular formula is C19H32N3O2+. The van der Waals surface area contributed by atoms with E-state index in [1.165, 1.54) is 5.56 Å². The zero-order valence-electron chi connectivity index (χ0n) is 15.6. The van der Waals surface area contributed by atoms with Gasteiger partial charge in [0.05, 0.1) is 12.6 Å². The van der Waals surface area contributed by atoms with Crippen LogP contribution in [-0.2, 0) is 16.0 Å². The summed E-state index contributed by atoms with van der Waals surface area (Å²) in [5, 5.41) is 5.89. The van der Waals surface area contributed by atoms with Gasteiger partial charge in [-0.05, 0) is 45.2 Å². The number of likely N-dealkylation sites (N-methyl/N-ethyl adjacent to an activating group) is 1. The maximum Gasteiger partial charge on any atom is 0.275 e. The molecule has 0 aliphatic carbocycles. The first-order valence-corrected chi connectivity index (χ1v) is 8.86. The predicted molar refractivity (Wildman–Crippen MR) is 96.9 cm³/mol. The number of carbonyl (C=O) groups is 2. The number of quaternary nitrogens is 1. The van der Waals surface area contributed by atoms with E-state index in [0.29, 0.717) is 13.1 Å². The molecule has 5 nitrogen and oxygen atoms in total. The largest absolute Gasteiger partial charge is 0.349 e. The number of rotatable bonds is 9. The van der Waals surface area contributed by atoms with Gasteiger partial charge in [-0.2, -0.15) is 0 Å². The van der Waals surface area contributed by atoms with Crippen molar-refractivity contribution in [3.8, 4) is 0 Å². The van der Waals surface area contributed by atoms with Gasteiger partial charge in [0.1, 0.15) is 0 Å². The normalized spacial score (nSPS) is 13.4. The molecule has 0 fully saturated rings. The summed E-state index contributed by atoms with van der Waals surface area (Å²) in [7, 11) is 0. The predicted octanol–water partition coefficient (Wildman–Crippen LogP) is 0.856. The van der Waals surface area contributed by atoms with Crippen LogP contribution in [0.2, 0.25) is 0 Å². The third kappa shape index (κ3) is 7.13. The van der Waals surface area contributed by atoms with E-state index >= 15 is 0 Å². The second-order valence-corrected chi connectivity index (χ2v) is 6.56. The first kappa shape index (κ1) is 20.2. The lowest BCUT2D eigenvalue weighted by Gasteiger charge is -2.20. The Morgan fingerprint density at radius 1 is 0.958 bits per heavy atom. The van der Waals surface area contributed by atoms with Crippen molar-refractivity contribution in [3.05, 3.63) is 35.4 Å². The second kappa shape index (κ2) is 10.1. The van der Waals surface area contributed by atoms with Crippen molar-refractivity contribution in [3.63, 3.8) is 0 Å². The Balaban J connectivity index is 2.51. The number of hydrogen-bond donors (Lipinski definition) is 3. The van der Waals surface area contributed by atoms with Crippen molar-refractivity contribution in [2.45, 2.75) is 53.1 Å². The van der Waals surface area contributed by atoms with Crippen LogP contribution in [0.4, 0.5) is 0 Å². The van der Waals surface area contributed by atoms with Crippen LogP contribution in [0.15, 0.2) is 24.3 Å². The minimum Gasteiger partial charge on any atom is -0.349 e. The van der Waals surface area contributed by atoms with Gasteiger partial charge in [-0.25, -0.2) is 0 Å². The summed E-state index contributed by atoms with van der Waals surface area (Å²) >= 11 is 0. The van der Waals surface area contributed by atoms with Crippen LogP contribution in [0.25, 0.3) is 0 Å². The Morgan fingerprint density at radius 2 is 1.50 bits per heavy atom. The maximum atomic E-state index is 12.3. The number of aryl methyl sites for hydroxylation is 1. The van der Waals surface area contributed by atoms with Crippen LogP contribution in [0.5, 0.6) is 0 Å². The van der Waals surface area contributed by atoms with Gasteiger partial charge >= 0.3 is 0 Å². The van der Waals surface area contributed by atoms with Crippen LogP contribution in [0.3, 0.4) is 0 Å². The summed E-state index contributed by atoms with van der Waals surface area (Å²) in [6.45, 7) is 11.3. The Kier molecular flexibility index (Phi) is 8.47. The molecule has 0 radical (unpaired) electrons. The van der Waals surface area contributed by atoms with Crippen molar-refractivity contribution in [2.24, 2.45) is 0 Å². The van der Waals surface area contributed by atoms with Gasteiger partial charge in [-0.1, -0.05) is 31.2 Å². The van der Waals surface area contributed by atoms with E-state index in [1.54, 1.807) is 0 Å². The van der Waals surface area contributed by atoms with Crippen LogP contribution >= 0.6 is 0 Å². The summed E-state index contributed by atoms with van der Waals surface area (Å²) in [5.41, 5.74) is 2.38. The summed E-state index contributed by atoms with van der Waals surface area (Å²) in [5.74, 6) is -0.0471. The zero-order valence-corrected chi connectivity index (χ0v) is 15.6. The lowest BCUT2D eigenvalue weighted by molar-refractivity contribution is -0.881. The molecule has 0 bridgehead atoms. The number of hydrogen-bond acceptors (Lipinski definition) is 2. The Bertz CT molecular complexity index is 526. The number of amides is 2. The monoisotopic (exact) mass is 334 g/mol. The Hall–Kier alpha value is -1.88. The fourth-order valence-electron chi connectivity index (χ4n) is 2.56. The van der Waals surface area contributed by atoms with Gasteiger partial charge in [-0.15, -0.1) is 0 Å².